The maximum Gasteiger partial charge on any atom is 0.336 e. The Hall–Kier alpha value is -1.63. The molecule has 0 aromatic carbocycles. The number of esters is 1. The van der Waals surface area contributed by atoms with Gasteiger partial charge in [0.1, 0.15) is 6.10 Å². The Morgan fingerprint density at radius 2 is 0.714 bits per heavy atom. The molecule has 0 aromatic heterocycles. The highest BCUT2D eigenvalue weighted by Gasteiger charge is 2.41. The lowest BCUT2D eigenvalue weighted by molar-refractivity contribution is -0.173. The van der Waals surface area contributed by atoms with E-state index in [1.54, 1.807) is 0 Å². The highest BCUT2D eigenvalue weighted by Crippen LogP contribution is 2.22. The van der Waals surface area contributed by atoms with E-state index in [4.69, 9.17) is 9.84 Å². The van der Waals surface area contributed by atoms with Crippen LogP contribution in [0.1, 0.15) is 239 Å². The third-order valence-electron chi connectivity index (χ3n) is 10.1. The van der Waals surface area contributed by atoms with E-state index in [9.17, 15) is 24.6 Å². The van der Waals surface area contributed by atoms with Gasteiger partial charge in [-0.25, -0.2) is 4.79 Å². The molecule has 290 valence electrons. The zero-order chi connectivity index (χ0) is 36.3. The summed E-state index contributed by atoms with van der Waals surface area (Å²) in [5.74, 6) is -4.03. The molecule has 0 bridgehead atoms. The molecule has 0 saturated carbocycles. The smallest absolute Gasteiger partial charge is 0.336 e. The number of hydrogen-bond acceptors (Lipinski definition) is 5. The Bertz CT molecular complexity index is 770. The fraction of sp³-hybridized carbons (Fsp3) is 0.929. The summed E-state index contributed by atoms with van der Waals surface area (Å²) >= 11 is 0. The minimum absolute atomic E-state index is 0.330. The first kappa shape index (κ1) is 47.4. The molecule has 2 unspecified atom stereocenters. The summed E-state index contributed by atoms with van der Waals surface area (Å²) in [6.45, 7) is 4.53. The Kier molecular flexibility index (Phi) is 33.6. The van der Waals surface area contributed by atoms with Crippen molar-refractivity contribution in [3.8, 4) is 0 Å². The van der Waals surface area contributed by atoms with E-state index in [0.717, 1.165) is 38.5 Å². The molecule has 2 atom stereocenters. The van der Waals surface area contributed by atoms with Crippen LogP contribution in [0.4, 0.5) is 0 Å². The summed E-state index contributed by atoms with van der Waals surface area (Å²) in [6, 6.07) is 0. The summed E-state index contributed by atoms with van der Waals surface area (Å²) in [7, 11) is 0. The zero-order valence-corrected chi connectivity index (χ0v) is 32.3. The van der Waals surface area contributed by atoms with Crippen molar-refractivity contribution in [1.29, 1.82) is 0 Å². The van der Waals surface area contributed by atoms with Crippen molar-refractivity contribution < 1.29 is 34.4 Å². The van der Waals surface area contributed by atoms with Gasteiger partial charge in [0.05, 0.1) is 12.8 Å². The lowest BCUT2D eigenvalue weighted by Crippen LogP contribution is -2.43. The van der Waals surface area contributed by atoms with Crippen LogP contribution < -0.4 is 0 Å². The van der Waals surface area contributed by atoms with Crippen LogP contribution in [0.2, 0.25) is 0 Å². The maximum absolute atomic E-state index is 12.6. The van der Waals surface area contributed by atoms with Crippen molar-refractivity contribution in [3.05, 3.63) is 0 Å². The second kappa shape index (κ2) is 34.8. The SMILES string of the molecule is CCCCCCCCCCCCCCCCCCCC(CCCCCCCCCCCCCCCC)OC(=O)CC(O)(CC(=O)O)C(=O)O. The number of carbonyl (C=O) groups is 3. The molecule has 0 heterocycles. The number of rotatable bonds is 39. The van der Waals surface area contributed by atoms with Gasteiger partial charge in [-0.2, -0.15) is 0 Å². The van der Waals surface area contributed by atoms with Gasteiger partial charge in [0.15, 0.2) is 5.60 Å². The van der Waals surface area contributed by atoms with Crippen molar-refractivity contribution in [2.75, 3.05) is 0 Å². The molecule has 7 nitrogen and oxygen atoms in total. The summed E-state index contributed by atoms with van der Waals surface area (Å²) in [6.07, 6.45) is 39.1. The quantitative estimate of drug-likeness (QED) is 0.0432. The van der Waals surface area contributed by atoms with Gasteiger partial charge >= 0.3 is 17.9 Å². The number of hydrogen-bond donors (Lipinski definition) is 3. The Balaban J connectivity index is 4.25. The molecule has 0 amide bonds. The van der Waals surface area contributed by atoms with Crippen molar-refractivity contribution in [3.63, 3.8) is 0 Å². The topological polar surface area (TPSA) is 121 Å². The van der Waals surface area contributed by atoms with Gasteiger partial charge in [-0.3, -0.25) is 9.59 Å². The van der Waals surface area contributed by atoms with Crippen LogP contribution in [-0.2, 0) is 19.1 Å². The lowest BCUT2D eigenvalue weighted by atomic mass is 9.95. The molecule has 0 rings (SSSR count). The molecule has 0 radical (unpaired) electrons. The maximum atomic E-state index is 12.6. The first-order valence-electron chi connectivity index (χ1n) is 21.1. The first-order chi connectivity index (χ1) is 23.7. The summed E-state index contributed by atoms with van der Waals surface area (Å²) in [5.41, 5.74) is -2.66. The van der Waals surface area contributed by atoms with Crippen molar-refractivity contribution in [2.45, 2.75) is 250 Å². The van der Waals surface area contributed by atoms with E-state index in [1.165, 1.54) is 161 Å². The van der Waals surface area contributed by atoms with Crippen molar-refractivity contribution >= 4 is 17.9 Å². The first-order valence-corrected chi connectivity index (χ1v) is 21.1. The predicted octanol–water partition coefficient (Wildman–Crippen LogP) is 12.5. The van der Waals surface area contributed by atoms with Gasteiger partial charge in [0.25, 0.3) is 0 Å². The molecule has 0 spiro atoms. The van der Waals surface area contributed by atoms with E-state index < -0.39 is 36.4 Å². The summed E-state index contributed by atoms with van der Waals surface area (Å²) < 4.78 is 5.67. The fourth-order valence-corrected chi connectivity index (χ4v) is 6.86. The summed E-state index contributed by atoms with van der Waals surface area (Å²) in [4.78, 5) is 35.3. The monoisotopic (exact) mass is 697 g/mol. The van der Waals surface area contributed by atoms with Crippen molar-refractivity contribution in [2.24, 2.45) is 0 Å². The van der Waals surface area contributed by atoms with Crippen LogP contribution >= 0.6 is 0 Å². The molecule has 0 aliphatic rings. The lowest BCUT2D eigenvalue weighted by Gasteiger charge is -2.23. The second-order valence-electron chi connectivity index (χ2n) is 15.0. The molecule has 0 aromatic rings. The summed E-state index contributed by atoms with van der Waals surface area (Å²) in [5, 5.41) is 28.7. The van der Waals surface area contributed by atoms with E-state index in [1.807, 2.05) is 0 Å². The van der Waals surface area contributed by atoms with Crippen LogP contribution in [0.15, 0.2) is 0 Å². The standard InChI is InChI=1S/C42H80O7/c1-3-5-7-9-11-13-15-17-19-20-21-23-25-27-29-31-33-35-38(49-40(45)37-42(48,41(46)47)36-39(43)44)34-32-30-28-26-24-22-18-16-14-12-10-8-6-4-2/h38,48H,3-37H2,1-2H3,(H,43,44)(H,46,47). The number of carboxylic acids is 2. The molecule has 0 aliphatic carbocycles. The van der Waals surface area contributed by atoms with Gasteiger partial charge in [0, 0.05) is 0 Å². The molecule has 49 heavy (non-hydrogen) atoms. The average molecular weight is 697 g/mol. The highest BCUT2D eigenvalue weighted by molar-refractivity contribution is 5.88. The third kappa shape index (κ3) is 32.0. The van der Waals surface area contributed by atoms with Gasteiger partial charge < -0.3 is 20.1 Å². The number of unbranched alkanes of at least 4 members (excludes halogenated alkanes) is 29. The number of aliphatic carboxylic acids is 2. The molecular weight excluding hydrogens is 616 g/mol. The van der Waals surface area contributed by atoms with Crippen LogP contribution in [0, 0.1) is 0 Å². The Labute approximate surface area is 302 Å². The van der Waals surface area contributed by atoms with E-state index in [0.29, 0.717) is 12.8 Å². The number of ether oxygens (including phenoxy) is 1. The fourth-order valence-electron chi connectivity index (χ4n) is 6.86. The van der Waals surface area contributed by atoms with Crippen LogP contribution in [-0.4, -0.2) is 44.9 Å². The molecule has 7 heteroatoms. The zero-order valence-electron chi connectivity index (χ0n) is 32.3. The molecule has 0 aliphatic heterocycles. The molecule has 0 saturated heterocycles. The minimum Gasteiger partial charge on any atom is -0.481 e. The second-order valence-corrected chi connectivity index (χ2v) is 15.0. The van der Waals surface area contributed by atoms with E-state index >= 15 is 0 Å². The van der Waals surface area contributed by atoms with Crippen molar-refractivity contribution in [1.82, 2.24) is 0 Å². The van der Waals surface area contributed by atoms with Crippen LogP contribution in [0.5, 0.6) is 0 Å². The van der Waals surface area contributed by atoms with Gasteiger partial charge in [0.2, 0.25) is 0 Å². The minimum atomic E-state index is -2.66. The third-order valence-corrected chi connectivity index (χ3v) is 10.1. The normalized spacial score (nSPS) is 13.3. The molecule has 3 N–H and O–H groups in total. The molecular formula is C42H80O7. The molecule has 0 fully saturated rings. The van der Waals surface area contributed by atoms with Gasteiger partial charge in [-0.05, 0) is 25.7 Å². The predicted molar refractivity (Wildman–Crippen MR) is 203 cm³/mol. The van der Waals surface area contributed by atoms with Gasteiger partial charge in [-0.15, -0.1) is 0 Å². The van der Waals surface area contributed by atoms with Crippen LogP contribution in [0.25, 0.3) is 0 Å². The number of carboxylic acid groups (broad SMARTS) is 2. The largest absolute Gasteiger partial charge is 0.481 e. The van der Waals surface area contributed by atoms with E-state index in [-0.39, 0.29) is 6.10 Å². The van der Waals surface area contributed by atoms with E-state index in [2.05, 4.69) is 13.8 Å². The Morgan fingerprint density at radius 3 is 0.959 bits per heavy atom. The number of aliphatic hydroxyl groups is 1. The van der Waals surface area contributed by atoms with Gasteiger partial charge in [-0.1, -0.05) is 200 Å². The average Bonchev–Trinajstić information content (AvgIpc) is 3.05. The number of carbonyl (C=O) groups excluding carboxylic acids is 1. The van der Waals surface area contributed by atoms with Crippen LogP contribution in [0.3, 0.4) is 0 Å². The Morgan fingerprint density at radius 1 is 0.449 bits per heavy atom. The highest BCUT2D eigenvalue weighted by atomic mass is 16.5.